The standard InChI is InChI=1S/C21H33N7O2S/c1-3-4-17-15-18(29)28-20(23-17)31-21(24-28)27-8-5-16(6-9-27)19(30)22-7-10-26-13-11-25(2)12-14-26/h15-16H,3-14H2,1-2H3,(H,22,30). The zero-order valence-electron chi connectivity index (χ0n) is 18.5. The van der Waals surface area contributed by atoms with Crippen molar-refractivity contribution in [1.29, 1.82) is 0 Å². The molecule has 0 bridgehead atoms. The van der Waals surface area contributed by atoms with E-state index in [1.165, 1.54) is 15.9 Å². The number of rotatable bonds is 7. The molecule has 0 aliphatic carbocycles. The van der Waals surface area contributed by atoms with Crippen molar-refractivity contribution in [2.75, 3.05) is 64.3 Å². The van der Waals surface area contributed by atoms with Crippen molar-refractivity contribution in [3.63, 3.8) is 0 Å². The van der Waals surface area contributed by atoms with Crippen LogP contribution in [0.15, 0.2) is 10.9 Å². The van der Waals surface area contributed by atoms with Gasteiger partial charge in [0.1, 0.15) is 0 Å². The van der Waals surface area contributed by atoms with Gasteiger partial charge < -0.3 is 15.1 Å². The molecule has 1 N–H and O–H groups in total. The third-order valence-electron chi connectivity index (χ3n) is 6.25. The highest BCUT2D eigenvalue weighted by molar-refractivity contribution is 7.20. The van der Waals surface area contributed by atoms with Crippen LogP contribution in [0, 0.1) is 5.92 Å². The maximum Gasteiger partial charge on any atom is 0.275 e. The van der Waals surface area contributed by atoms with Gasteiger partial charge in [-0.15, -0.1) is 5.10 Å². The quantitative estimate of drug-likeness (QED) is 0.668. The number of carbonyl (C=O) groups excluding carboxylic acids is 1. The van der Waals surface area contributed by atoms with Gasteiger partial charge in [-0.25, -0.2) is 4.98 Å². The monoisotopic (exact) mass is 447 g/mol. The third-order valence-corrected chi connectivity index (χ3v) is 7.22. The summed E-state index contributed by atoms with van der Waals surface area (Å²) in [5, 5.41) is 8.43. The minimum atomic E-state index is -0.120. The average molecular weight is 448 g/mol. The molecule has 0 spiro atoms. The van der Waals surface area contributed by atoms with E-state index in [4.69, 9.17) is 0 Å². The molecule has 4 heterocycles. The first-order valence-corrected chi connectivity index (χ1v) is 12.2. The van der Waals surface area contributed by atoms with Gasteiger partial charge in [-0.3, -0.25) is 14.5 Å². The molecule has 0 unspecified atom stereocenters. The van der Waals surface area contributed by atoms with Crippen molar-refractivity contribution >= 4 is 27.3 Å². The molecule has 2 aromatic heterocycles. The number of hydrogen-bond donors (Lipinski definition) is 1. The Labute approximate surface area is 187 Å². The Bertz CT molecular complexity index is 943. The van der Waals surface area contributed by atoms with Crippen molar-refractivity contribution in [3.05, 3.63) is 22.1 Å². The van der Waals surface area contributed by atoms with E-state index in [-0.39, 0.29) is 17.4 Å². The first kappa shape index (κ1) is 22.2. The Kier molecular flexibility index (Phi) is 7.19. The van der Waals surface area contributed by atoms with Gasteiger partial charge in [-0.1, -0.05) is 24.7 Å². The number of nitrogens with one attached hydrogen (secondary N) is 1. The molecule has 0 radical (unpaired) electrons. The van der Waals surface area contributed by atoms with Crippen molar-refractivity contribution in [1.82, 2.24) is 29.7 Å². The van der Waals surface area contributed by atoms with E-state index >= 15 is 0 Å². The summed E-state index contributed by atoms with van der Waals surface area (Å²) in [6, 6.07) is 1.58. The van der Waals surface area contributed by atoms with Crippen molar-refractivity contribution < 1.29 is 4.79 Å². The number of anilines is 1. The molecule has 10 heteroatoms. The molecule has 170 valence electrons. The third kappa shape index (κ3) is 5.42. The number of piperidine rings is 1. The number of aromatic nitrogens is 3. The van der Waals surface area contributed by atoms with Crippen LogP contribution in [-0.2, 0) is 11.2 Å². The van der Waals surface area contributed by atoms with Crippen molar-refractivity contribution in [2.45, 2.75) is 32.6 Å². The maximum atomic E-state index is 12.6. The number of likely N-dealkylation sites (N-methyl/N-ethyl adjacent to an activating group) is 1. The van der Waals surface area contributed by atoms with Gasteiger partial charge in [0.25, 0.3) is 5.56 Å². The van der Waals surface area contributed by atoms with Crippen LogP contribution in [0.25, 0.3) is 4.96 Å². The van der Waals surface area contributed by atoms with Crippen LogP contribution < -0.4 is 15.8 Å². The predicted octanol–water partition coefficient (Wildman–Crippen LogP) is 0.684. The lowest BCUT2D eigenvalue weighted by molar-refractivity contribution is -0.125. The molecule has 0 aromatic carbocycles. The number of nitrogens with zero attached hydrogens (tertiary/aromatic N) is 6. The van der Waals surface area contributed by atoms with Crippen LogP contribution in [-0.4, -0.2) is 89.7 Å². The molecule has 2 aliphatic rings. The minimum Gasteiger partial charge on any atom is -0.355 e. The number of hydrogen-bond acceptors (Lipinski definition) is 8. The fourth-order valence-electron chi connectivity index (χ4n) is 4.24. The van der Waals surface area contributed by atoms with Crippen LogP contribution in [0.3, 0.4) is 0 Å². The van der Waals surface area contributed by atoms with E-state index in [9.17, 15) is 9.59 Å². The van der Waals surface area contributed by atoms with E-state index in [2.05, 4.69) is 44.1 Å². The molecule has 2 aliphatic heterocycles. The Balaban J connectivity index is 1.27. The highest BCUT2D eigenvalue weighted by atomic mass is 32.1. The number of piperazine rings is 1. The van der Waals surface area contributed by atoms with Crippen LogP contribution in [0.1, 0.15) is 31.9 Å². The summed E-state index contributed by atoms with van der Waals surface area (Å²) in [4.78, 5) is 37.1. The normalized spacial score (nSPS) is 19.2. The van der Waals surface area contributed by atoms with E-state index in [1.807, 2.05) is 0 Å². The van der Waals surface area contributed by atoms with Gasteiger partial charge in [0.05, 0.1) is 0 Å². The zero-order valence-corrected chi connectivity index (χ0v) is 19.4. The lowest BCUT2D eigenvalue weighted by Crippen LogP contribution is -2.47. The Morgan fingerprint density at radius 2 is 1.94 bits per heavy atom. The molecular formula is C21H33N7O2S. The fraction of sp³-hybridized carbons (Fsp3) is 0.714. The maximum absolute atomic E-state index is 12.6. The Morgan fingerprint density at radius 3 is 2.65 bits per heavy atom. The lowest BCUT2D eigenvalue weighted by Gasteiger charge is -2.33. The first-order valence-electron chi connectivity index (χ1n) is 11.4. The minimum absolute atomic E-state index is 0.0510. The largest absolute Gasteiger partial charge is 0.355 e. The Morgan fingerprint density at radius 1 is 1.19 bits per heavy atom. The summed E-state index contributed by atoms with van der Waals surface area (Å²) in [6.45, 7) is 9.60. The molecule has 0 saturated carbocycles. The van der Waals surface area contributed by atoms with Gasteiger partial charge in [0, 0.05) is 70.0 Å². The summed E-state index contributed by atoms with van der Waals surface area (Å²) in [5.74, 6) is 0.218. The molecule has 1 amide bonds. The molecule has 0 atom stereocenters. The van der Waals surface area contributed by atoms with Crippen LogP contribution in [0.4, 0.5) is 5.13 Å². The molecule has 31 heavy (non-hydrogen) atoms. The topological polar surface area (TPSA) is 86.1 Å². The molecular weight excluding hydrogens is 414 g/mol. The number of amides is 1. The van der Waals surface area contributed by atoms with Crippen molar-refractivity contribution in [2.24, 2.45) is 5.92 Å². The average Bonchev–Trinajstić information content (AvgIpc) is 3.20. The number of fused-ring (bicyclic) bond motifs is 1. The summed E-state index contributed by atoms with van der Waals surface area (Å²) < 4.78 is 1.40. The van der Waals surface area contributed by atoms with E-state index in [0.29, 0.717) is 4.96 Å². The van der Waals surface area contributed by atoms with Gasteiger partial charge in [0.2, 0.25) is 16.0 Å². The van der Waals surface area contributed by atoms with E-state index < -0.39 is 0 Å². The van der Waals surface area contributed by atoms with Crippen LogP contribution in [0.2, 0.25) is 0 Å². The van der Waals surface area contributed by atoms with Gasteiger partial charge >= 0.3 is 0 Å². The fourth-order valence-corrected chi connectivity index (χ4v) is 5.22. The summed E-state index contributed by atoms with van der Waals surface area (Å²) in [7, 11) is 2.15. The summed E-state index contributed by atoms with van der Waals surface area (Å²) in [5.41, 5.74) is 0.709. The van der Waals surface area contributed by atoms with E-state index in [0.717, 1.165) is 88.9 Å². The lowest BCUT2D eigenvalue weighted by atomic mass is 9.96. The first-order chi connectivity index (χ1) is 15.0. The predicted molar refractivity (Wildman–Crippen MR) is 123 cm³/mol. The van der Waals surface area contributed by atoms with Gasteiger partial charge in [-0.2, -0.15) is 4.52 Å². The van der Waals surface area contributed by atoms with E-state index in [1.54, 1.807) is 6.07 Å². The van der Waals surface area contributed by atoms with Crippen molar-refractivity contribution in [3.8, 4) is 0 Å². The number of aryl methyl sites for hydroxylation is 1. The summed E-state index contributed by atoms with van der Waals surface area (Å²) >= 11 is 1.45. The number of carbonyl (C=O) groups is 1. The van der Waals surface area contributed by atoms with Crippen LogP contribution in [0.5, 0.6) is 0 Å². The van der Waals surface area contributed by atoms with Crippen LogP contribution >= 0.6 is 11.3 Å². The molecule has 2 aromatic rings. The Hall–Kier alpha value is -2.04. The summed E-state index contributed by atoms with van der Waals surface area (Å²) in [6.07, 6.45) is 3.37. The second-order valence-corrected chi connectivity index (χ2v) is 9.55. The highest BCUT2D eigenvalue weighted by Gasteiger charge is 2.27. The molecule has 2 saturated heterocycles. The molecule has 4 rings (SSSR count). The zero-order chi connectivity index (χ0) is 21.8. The molecule has 2 fully saturated rings. The molecule has 9 nitrogen and oxygen atoms in total. The second-order valence-electron chi connectivity index (χ2n) is 8.61. The van der Waals surface area contributed by atoms with Gasteiger partial charge in [-0.05, 0) is 26.3 Å². The SMILES string of the molecule is CCCc1cc(=O)n2nc(N3CCC(C(=O)NCCN4CCN(C)CC4)CC3)sc2n1. The smallest absolute Gasteiger partial charge is 0.275 e. The highest BCUT2D eigenvalue weighted by Crippen LogP contribution is 2.27. The second kappa shape index (κ2) is 10.1. The van der Waals surface area contributed by atoms with Gasteiger partial charge in [0.15, 0.2) is 0 Å².